The molecular formula is C12H19N. The Bertz CT molecular complexity index is 273. The Labute approximate surface area is 80.9 Å². The number of hydrogen-bond donors (Lipinski definition) is 1. The zero-order chi connectivity index (χ0) is 9.90. The van der Waals surface area contributed by atoms with Crippen LogP contribution >= 0.6 is 0 Å². The molecule has 0 aromatic carbocycles. The number of nitrogens with one attached hydrogen (secondary N) is 1. The molecule has 72 valence electrons. The van der Waals surface area contributed by atoms with Crippen molar-refractivity contribution in [1.82, 2.24) is 4.98 Å². The van der Waals surface area contributed by atoms with E-state index in [9.17, 15) is 0 Å². The van der Waals surface area contributed by atoms with E-state index in [1.54, 1.807) is 0 Å². The standard InChI is InChI=1S/C12H19N/c1-5-10(9-12(2,3)4)11-7-6-8-13-11/h6-9,13H,5H2,1-4H3/b10-9+. The molecule has 0 unspecified atom stereocenters. The summed E-state index contributed by atoms with van der Waals surface area (Å²) in [5, 5.41) is 0. The van der Waals surface area contributed by atoms with Crippen LogP contribution in [-0.2, 0) is 0 Å². The van der Waals surface area contributed by atoms with E-state index in [2.05, 4.69) is 44.8 Å². The van der Waals surface area contributed by atoms with E-state index in [1.165, 1.54) is 11.3 Å². The molecule has 1 rings (SSSR count). The fourth-order valence-electron chi connectivity index (χ4n) is 1.42. The van der Waals surface area contributed by atoms with Gasteiger partial charge in [0.25, 0.3) is 0 Å². The summed E-state index contributed by atoms with van der Waals surface area (Å²) in [7, 11) is 0. The third kappa shape index (κ3) is 3.10. The fraction of sp³-hybridized carbons (Fsp3) is 0.500. The highest BCUT2D eigenvalue weighted by atomic mass is 14.7. The maximum absolute atomic E-state index is 3.24. The molecule has 1 heteroatoms. The molecule has 1 aromatic heterocycles. The van der Waals surface area contributed by atoms with Crippen molar-refractivity contribution in [2.45, 2.75) is 34.1 Å². The van der Waals surface area contributed by atoms with E-state index in [1.807, 2.05) is 12.3 Å². The summed E-state index contributed by atoms with van der Waals surface area (Å²) in [6.07, 6.45) is 5.39. The van der Waals surface area contributed by atoms with Gasteiger partial charge in [-0.2, -0.15) is 0 Å². The topological polar surface area (TPSA) is 15.8 Å². The van der Waals surface area contributed by atoms with E-state index in [0.29, 0.717) is 0 Å². The number of rotatable bonds is 2. The van der Waals surface area contributed by atoms with Crippen LogP contribution in [0.5, 0.6) is 0 Å². The van der Waals surface area contributed by atoms with Crippen LogP contribution in [0.25, 0.3) is 5.57 Å². The molecule has 0 fully saturated rings. The molecule has 0 saturated heterocycles. The Morgan fingerprint density at radius 1 is 1.46 bits per heavy atom. The molecule has 13 heavy (non-hydrogen) atoms. The number of hydrogen-bond acceptors (Lipinski definition) is 0. The second-order valence-electron chi connectivity index (χ2n) is 4.47. The van der Waals surface area contributed by atoms with Crippen LogP contribution in [0.4, 0.5) is 0 Å². The Kier molecular flexibility index (Phi) is 2.97. The highest BCUT2D eigenvalue weighted by Crippen LogP contribution is 2.24. The van der Waals surface area contributed by atoms with Crippen molar-refractivity contribution in [1.29, 1.82) is 0 Å². The maximum atomic E-state index is 3.24. The number of aromatic nitrogens is 1. The summed E-state index contributed by atoms with van der Waals surface area (Å²) in [4.78, 5) is 3.24. The maximum Gasteiger partial charge on any atom is 0.0409 e. The van der Waals surface area contributed by atoms with Gasteiger partial charge in [0.05, 0.1) is 0 Å². The van der Waals surface area contributed by atoms with E-state index in [-0.39, 0.29) is 5.41 Å². The summed E-state index contributed by atoms with van der Waals surface area (Å²) < 4.78 is 0. The molecule has 0 saturated carbocycles. The third-order valence-corrected chi connectivity index (χ3v) is 1.93. The van der Waals surface area contributed by atoms with Crippen molar-refractivity contribution < 1.29 is 0 Å². The molecular weight excluding hydrogens is 158 g/mol. The lowest BCUT2D eigenvalue weighted by molar-refractivity contribution is 0.544. The second-order valence-corrected chi connectivity index (χ2v) is 4.47. The van der Waals surface area contributed by atoms with Gasteiger partial charge in [-0.25, -0.2) is 0 Å². The molecule has 0 atom stereocenters. The average molecular weight is 177 g/mol. The van der Waals surface area contributed by atoms with Gasteiger partial charge >= 0.3 is 0 Å². The lowest BCUT2D eigenvalue weighted by Crippen LogP contribution is -2.01. The molecule has 0 aliphatic rings. The smallest absolute Gasteiger partial charge is 0.0409 e. The number of allylic oxidation sites excluding steroid dienone is 2. The van der Waals surface area contributed by atoms with Crippen LogP contribution in [0.1, 0.15) is 39.8 Å². The van der Waals surface area contributed by atoms with Crippen molar-refractivity contribution in [2.75, 3.05) is 0 Å². The van der Waals surface area contributed by atoms with Gasteiger partial charge in [0.15, 0.2) is 0 Å². The third-order valence-electron chi connectivity index (χ3n) is 1.93. The van der Waals surface area contributed by atoms with Gasteiger partial charge in [-0.05, 0) is 29.5 Å². The van der Waals surface area contributed by atoms with Crippen LogP contribution in [-0.4, -0.2) is 4.98 Å². The first-order chi connectivity index (χ1) is 6.03. The molecule has 0 aliphatic carbocycles. The predicted molar refractivity (Wildman–Crippen MR) is 58.5 cm³/mol. The van der Waals surface area contributed by atoms with Crippen molar-refractivity contribution >= 4 is 5.57 Å². The predicted octanol–water partition coefficient (Wildman–Crippen LogP) is 3.85. The molecule has 1 heterocycles. The van der Waals surface area contributed by atoms with Gasteiger partial charge in [0.1, 0.15) is 0 Å². The Hall–Kier alpha value is -0.980. The van der Waals surface area contributed by atoms with Crippen molar-refractivity contribution in [2.24, 2.45) is 5.41 Å². The molecule has 0 spiro atoms. The summed E-state index contributed by atoms with van der Waals surface area (Å²) in [5.74, 6) is 0. The van der Waals surface area contributed by atoms with Crippen LogP contribution in [0.3, 0.4) is 0 Å². The molecule has 0 amide bonds. The minimum absolute atomic E-state index is 0.260. The zero-order valence-corrected chi connectivity index (χ0v) is 9.02. The summed E-state index contributed by atoms with van der Waals surface area (Å²) in [6.45, 7) is 8.88. The van der Waals surface area contributed by atoms with E-state index in [0.717, 1.165) is 6.42 Å². The molecule has 0 aliphatic heterocycles. The van der Waals surface area contributed by atoms with E-state index in [4.69, 9.17) is 0 Å². The molecule has 0 bridgehead atoms. The fourth-order valence-corrected chi connectivity index (χ4v) is 1.42. The van der Waals surface area contributed by atoms with Gasteiger partial charge < -0.3 is 4.98 Å². The first-order valence-electron chi connectivity index (χ1n) is 4.88. The Morgan fingerprint density at radius 2 is 2.15 bits per heavy atom. The molecule has 1 nitrogen and oxygen atoms in total. The summed E-state index contributed by atoms with van der Waals surface area (Å²) >= 11 is 0. The van der Waals surface area contributed by atoms with Gasteiger partial charge in [-0.1, -0.05) is 33.8 Å². The normalized spacial score (nSPS) is 13.4. The Morgan fingerprint density at radius 3 is 2.54 bits per heavy atom. The van der Waals surface area contributed by atoms with E-state index >= 15 is 0 Å². The Balaban J connectivity index is 2.93. The highest BCUT2D eigenvalue weighted by Gasteiger charge is 2.08. The van der Waals surface area contributed by atoms with Crippen molar-refractivity contribution in [3.63, 3.8) is 0 Å². The van der Waals surface area contributed by atoms with Crippen LogP contribution in [0, 0.1) is 5.41 Å². The van der Waals surface area contributed by atoms with Gasteiger partial charge in [-0.3, -0.25) is 0 Å². The lowest BCUT2D eigenvalue weighted by Gasteiger charge is -2.15. The second kappa shape index (κ2) is 3.82. The lowest BCUT2D eigenvalue weighted by atomic mass is 9.92. The average Bonchev–Trinajstić information content (AvgIpc) is 2.50. The summed E-state index contributed by atoms with van der Waals surface area (Å²) in [5.41, 5.74) is 2.91. The molecule has 1 aromatic rings. The monoisotopic (exact) mass is 177 g/mol. The first-order valence-corrected chi connectivity index (χ1v) is 4.88. The van der Waals surface area contributed by atoms with Crippen molar-refractivity contribution in [3.05, 3.63) is 30.1 Å². The van der Waals surface area contributed by atoms with Gasteiger partial charge in [0.2, 0.25) is 0 Å². The van der Waals surface area contributed by atoms with Gasteiger partial charge in [0, 0.05) is 11.9 Å². The van der Waals surface area contributed by atoms with Crippen molar-refractivity contribution in [3.8, 4) is 0 Å². The largest absolute Gasteiger partial charge is 0.361 e. The summed E-state index contributed by atoms with van der Waals surface area (Å²) in [6, 6.07) is 4.17. The number of aromatic amines is 1. The minimum Gasteiger partial charge on any atom is -0.361 e. The van der Waals surface area contributed by atoms with Gasteiger partial charge in [-0.15, -0.1) is 0 Å². The first kappa shape index (κ1) is 10.1. The van der Waals surface area contributed by atoms with E-state index < -0.39 is 0 Å². The van der Waals surface area contributed by atoms with Crippen LogP contribution in [0.2, 0.25) is 0 Å². The van der Waals surface area contributed by atoms with Crippen LogP contribution < -0.4 is 0 Å². The van der Waals surface area contributed by atoms with Crippen LogP contribution in [0.15, 0.2) is 24.4 Å². The SMILES string of the molecule is CC/C(=C\C(C)(C)C)c1ccc[nH]1. The number of H-pyrrole nitrogens is 1. The quantitative estimate of drug-likeness (QED) is 0.706. The zero-order valence-electron chi connectivity index (χ0n) is 9.02. The highest BCUT2D eigenvalue weighted by molar-refractivity contribution is 5.62. The minimum atomic E-state index is 0.260. The molecule has 0 radical (unpaired) electrons. The molecule has 1 N–H and O–H groups in total.